The van der Waals surface area contributed by atoms with E-state index >= 15 is 0 Å². The molecule has 0 aliphatic carbocycles. The number of nitrogens with one attached hydrogen (secondary N) is 2. The van der Waals surface area contributed by atoms with Crippen molar-refractivity contribution in [2.45, 2.75) is 11.4 Å². The minimum Gasteiger partial charge on any atom is -0.361 e. The van der Waals surface area contributed by atoms with E-state index in [1.807, 2.05) is 30.5 Å². The van der Waals surface area contributed by atoms with Crippen molar-refractivity contribution in [3.05, 3.63) is 66.4 Å². The van der Waals surface area contributed by atoms with Crippen LogP contribution in [0.4, 0.5) is 4.39 Å². The molecule has 0 aliphatic rings. The van der Waals surface area contributed by atoms with Crippen molar-refractivity contribution in [2.24, 2.45) is 0 Å². The van der Waals surface area contributed by atoms with Crippen LogP contribution in [0.2, 0.25) is 0 Å². The number of thioether (sulfide) groups is 1. The number of fused-ring (bicyclic) bond motifs is 4. The van der Waals surface area contributed by atoms with E-state index in [1.165, 1.54) is 46.4 Å². The Hall–Kier alpha value is -2.97. The van der Waals surface area contributed by atoms with E-state index in [1.54, 1.807) is 6.07 Å². The summed E-state index contributed by atoms with van der Waals surface area (Å²) in [6.07, 6.45) is 4.18. The van der Waals surface area contributed by atoms with Crippen LogP contribution in [-0.2, 0) is 11.2 Å². The molecule has 0 radical (unpaired) electrons. The Bertz CT molecular complexity index is 1380. The van der Waals surface area contributed by atoms with E-state index in [2.05, 4.69) is 26.3 Å². The van der Waals surface area contributed by atoms with Gasteiger partial charge < -0.3 is 10.3 Å². The van der Waals surface area contributed by atoms with E-state index in [0.717, 1.165) is 21.3 Å². The number of rotatable bonds is 6. The summed E-state index contributed by atoms with van der Waals surface area (Å²) in [4.78, 5) is 24.2. The van der Waals surface area contributed by atoms with Gasteiger partial charge in [-0.15, -0.1) is 11.3 Å². The number of thiophene rings is 1. The molecule has 5 rings (SSSR count). The number of carbonyl (C=O) groups excluding carboxylic acids is 1. The van der Waals surface area contributed by atoms with Crippen LogP contribution in [0.15, 0.2) is 60.0 Å². The monoisotopic (exact) mass is 436 g/mol. The molecule has 1 amide bonds. The molecule has 0 saturated heterocycles. The molecule has 0 unspecified atom stereocenters. The molecule has 2 N–H and O–H groups in total. The predicted octanol–water partition coefficient (Wildman–Crippen LogP) is 4.92. The van der Waals surface area contributed by atoms with Gasteiger partial charge in [-0.05, 0) is 30.2 Å². The molecule has 150 valence electrons. The molecule has 0 saturated carbocycles. The maximum absolute atomic E-state index is 14.2. The van der Waals surface area contributed by atoms with E-state index < -0.39 is 0 Å². The summed E-state index contributed by atoms with van der Waals surface area (Å²) in [5, 5.41) is 5.37. The molecule has 30 heavy (non-hydrogen) atoms. The molecule has 8 heteroatoms. The van der Waals surface area contributed by atoms with Gasteiger partial charge in [-0.1, -0.05) is 36.0 Å². The zero-order valence-corrected chi connectivity index (χ0v) is 17.4. The summed E-state index contributed by atoms with van der Waals surface area (Å²) >= 11 is 2.80. The fraction of sp³-hybridized carbons (Fsp3) is 0.136. The van der Waals surface area contributed by atoms with E-state index in [9.17, 15) is 9.18 Å². The van der Waals surface area contributed by atoms with Crippen molar-refractivity contribution in [3.63, 3.8) is 0 Å². The first kappa shape index (κ1) is 19.0. The molecule has 0 atom stereocenters. The highest BCUT2D eigenvalue weighted by atomic mass is 32.2. The maximum Gasteiger partial charge on any atom is 0.230 e. The fourth-order valence-electron chi connectivity index (χ4n) is 3.52. The number of aromatic amines is 1. The van der Waals surface area contributed by atoms with Crippen LogP contribution in [0.1, 0.15) is 5.56 Å². The summed E-state index contributed by atoms with van der Waals surface area (Å²) in [5.74, 6) is -0.0983. The lowest BCUT2D eigenvalue weighted by molar-refractivity contribution is -0.118. The Kier molecular flexibility index (Phi) is 5.10. The highest BCUT2D eigenvalue weighted by Gasteiger charge is 2.15. The molecule has 0 aliphatic heterocycles. The Morgan fingerprint density at radius 3 is 3.00 bits per heavy atom. The van der Waals surface area contributed by atoms with Gasteiger partial charge in [0.25, 0.3) is 0 Å². The average molecular weight is 437 g/mol. The van der Waals surface area contributed by atoms with E-state index in [-0.39, 0.29) is 17.5 Å². The van der Waals surface area contributed by atoms with Gasteiger partial charge in [0.05, 0.1) is 21.4 Å². The second kappa shape index (κ2) is 8.04. The maximum atomic E-state index is 14.2. The molecule has 3 aromatic heterocycles. The second-order valence-corrected chi connectivity index (χ2v) is 8.84. The van der Waals surface area contributed by atoms with Gasteiger partial charge in [-0.25, -0.2) is 14.4 Å². The average Bonchev–Trinajstić information content (AvgIpc) is 3.35. The Labute approximate surface area is 179 Å². The largest absolute Gasteiger partial charge is 0.361 e. The van der Waals surface area contributed by atoms with Crippen molar-refractivity contribution in [1.29, 1.82) is 0 Å². The SMILES string of the molecule is O=C(CSc1ncnc2c1sc1cccc(F)c12)NCCc1c[nH]c2ccccc12. The molecule has 2 aromatic carbocycles. The first-order valence-corrected chi connectivity index (χ1v) is 11.3. The van der Waals surface area contributed by atoms with Gasteiger partial charge in [-0.2, -0.15) is 0 Å². The molecule has 0 bridgehead atoms. The van der Waals surface area contributed by atoms with Crippen molar-refractivity contribution in [3.8, 4) is 0 Å². The highest BCUT2D eigenvalue weighted by Crippen LogP contribution is 2.38. The predicted molar refractivity (Wildman–Crippen MR) is 121 cm³/mol. The lowest BCUT2D eigenvalue weighted by atomic mass is 10.1. The van der Waals surface area contributed by atoms with Gasteiger partial charge in [0.2, 0.25) is 5.91 Å². The van der Waals surface area contributed by atoms with Gasteiger partial charge in [0.1, 0.15) is 17.2 Å². The van der Waals surface area contributed by atoms with Crippen LogP contribution in [-0.4, -0.2) is 33.2 Å². The molecule has 0 fully saturated rings. The summed E-state index contributed by atoms with van der Waals surface area (Å²) in [6.45, 7) is 0.564. The van der Waals surface area contributed by atoms with Crippen LogP contribution in [0.5, 0.6) is 0 Å². The van der Waals surface area contributed by atoms with Crippen molar-refractivity contribution < 1.29 is 9.18 Å². The molecule has 5 nitrogen and oxygen atoms in total. The standard InChI is InChI=1S/C22H17FN4OS2/c23-15-5-3-7-17-19(15)20-21(30-17)22(27-12-26-20)29-11-18(28)24-9-8-13-10-25-16-6-2-1-4-14(13)16/h1-7,10,12,25H,8-9,11H2,(H,24,28). The van der Waals surface area contributed by atoms with Crippen molar-refractivity contribution in [2.75, 3.05) is 12.3 Å². The third kappa shape index (κ3) is 3.53. The van der Waals surface area contributed by atoms with Crippen LogP contribution < -0.4 is 5.32 Å². The number of halogens is 1. The lowest BCUT2D eigenvalue weighted by Crippen LogP contribution is -2.27. The number of carbonyl (C=O) groups is 1. The number of H-pyrrole nitrogens is 1. The Balaban J connectivity index is 1.24. The molecule has 5 aromatic rings. The zero-order chi connectivity index (χ0) is 20.5. The number of aromatic nitrogens is 3. The lowest BCUT2D eigenvalue weighted by Gasteiger charge is -2.05. The second-order valence-electron chi connectivity index (χ2n) is 6.82. The fourth-order valence-corrected chi connectivity index (χ4v) is 5.59. The van der Waals surface area contributed by atoms with Crippen LogP contribution in [0, 0.1) is 5.82 Å². The minimum atomic E-state index is -0.288. The van der Waals surface area contributed by atoms with Crippen LogP contribution in [0.3, 0.4) is 0 Å². The summed E-state index contributed by atoms with van der Waals surface area (Å²) in [6, 6.07) is 13.1. The minimum absolute atomic E-state index is 0.0566. The van der Waals surface area contributed by atoms with Gasteiger partial charge >= 0.3 is 0 Å². The third-order valence-electron chi connectivity index (χ3n) is 4.93. The molecular formula is C22H17FN4OS2. The van der Waals surface area contributed by atoms with Crippen LogP contribution in [0.25, 0.3) is 31.2 Å². The number of benzene rings is 2. The van der Waals surface area contributed by atoms with Gasteiger partial charge in [-0.3, -0.25) is 4.79 Å². The number of hydrogen-bond acceptors (Lipinski definition) is 5. The first-order chi connectivity index (χ1) is 14.7. The zero-order valence-electron chi connectivity index (χ0n) is 15.8. The van der Waals surface area contributed by atoms with Gasteiger partial charge in [0, 0.05) is 28.3 Å². The van der Waals surface area contributed by atoms with Crippen molar-refractivity contribution in [1.82, 2.24) is 20.3 Å². The summed E-state index contributed by atoms with van der Waals surface area (Å²) in [7, 11) is 0. The first-order valence-electron chi connectivity index (χ1n) is 9.47. The summed E-state index contributed by atoms with van der Waals surface area (Å²) in [5.41, 5.74) is 2.88. The number of hydrogen-bond donors (Lipinski definition) is 2. The normalized spacial score (nSPS) is 11.5. The Morgan fingerprint density at radius 1 is 1.17 bits per heavy atom. The van der Waals surface area contributed by atoms with E-state index in [0.29, 0.717) is 22.5 Å². The van der Waals surface area contributed by atoms with Crippen LogP contribution >= 0.6 is 23.1 Å². The Morgan fingerprint density at radius 2 is 2.07 bits per heavy atom. The topological polar surface area (TPSA) is 70.7 Å². The highest BCUT2D eigenvalue weighted by molar-refractivity contribution is 8.00. The van der Waals surface area contributed by atoms with E-state index in [4.69, 9.17) is 0 Å². The number of amides is 1. The number of para-hydroxylation sites is 1. The summed E-state index contributed by atoms with van der Waals surface area (Å²) < 4.78 is 15.9. The van der Waals surface area contributed by atoms with Crippen molar-refractivity contribution >= 4 is 60.2 Å². The number of nitrogens with zero attached hydrogens (tertiary/aromatic N) is 2. The molecule has 3 heterocycles. The smallest absolute Gasteiger partial charge is 0.230 e. The molecular weight excluding hydrogens is 419 g/mol. The quantitative estimate of drug-likeness (QED) is 0.293. The third-order valence-corrected chi connectivity index (χ3v) is 7.20. The van der Waals surface area contributed by atoms with Gasteiger partial charge in [0.15, 0.2) is 0 Å². The molecule has 0 spiro atoms.